The van der Waals surface area contributed by atoms with Crippen LogP contribution in [0.3, 0.4) is 0 Å². The van der Waals surface area contributed by atoms with Crippen molar-refractivity contribution >= 4 is 16.6 Å². The van der Waals surface area contributed by atoms with Crippen LogP contribution >= 0.6 is 0 Å². The van der Waals surface area contributed by atoms with Crippen LogP contribution in [0.25, 0.3) is 16.6 Å². The number of methoxy groups -OCH3 is 1. The van der Waals surface area contributed by atoms with Crippen LogP contribution in [0.15, 0.2) is 64.3 Å². The largest absolute Gasteiger partial charge is 0.497 e. The van der Waals surface area contributed by atoms with Gasteiger partial charge in [-0.3, -0.25) is 13.9 Å². The standard InChI is InChI=1S/C22H20N4O3/c1-24-19-15(21(27)25(2)22(24)28)12-26-17-10-5-4-9-16(17)23-18(20(19)26)13-7-6-8-14(11-13)29-3/h4-12,18,23H,1-3H3/t18-/m1/s1. The third-order valence-electron chi connectivity index (χ3n) is 5.62. The zero-order chi connectivity index (χ0) is 20.3. The molecule has 0 unspecified atom stereocenters. The molecule has 5 rings (SSSR count). The molecule has 0 amide bonds. The molecule has 29 heavy (non-hydrogen) atoms. The topological polar surface area (TPSA) is 70.2 Å². The van der Waals surface area contributed by atoms with E-state index in [1.54, 1.807) is 18.7 Å². The van der Waals surface area contributed by atoms with Gasteiger partial charge in [0, 0.05) is 20.3 Å². The maximum Gasteiger partial charge on any atom is 0.331 e. The van der Waals surface area contributed by atoms with Crippen molar-refractivity contribution in [2.75, 3.05) is 12.4 Å². The lowest BCUT2D eigenvalue weighted by molar-refractivity contribution is 0.414. The molecule has 4 aromatic rings. The van der Waals surface area contributed by atoms with Gasteiger partial charge in [-0.25, -0.2) is 4.79 Å². The Hall–Kier alpha value is -3.74. The van der Waals surface area contributed by atoms with Crippen LogP contribution in [0.4, 0.5) is 5.69 Å². The molecule has 1 atom stereocenters. The molecule has 0 aliphatic carbocycles. The minimum Gasteiger partial charge on any atom is -0.497 e. The molecule has 0 spiro atoms. The second-order valence-corrected chi connectivity index (χ2v) is 7.22. The number of hydrogen-bond donors (Lipinski definition) is 1. The predicted molar refractivity (Wildman–Crippen MR) is 112 cm³/mol. The van der Waals surface area contributed by atoms with Crippen LogP contribution in [0, 0.1) is 0 Å². The number of nitrogens with zero attached hydrogens (tertiary/aromatic N) is 3. The smallest absolute Gasteiger partial charge is 0.331 e. The van der Waals surface area contributed by atoms with E-state index in [4.69, 9.17) is 4.74 Å². The molecular formula is C22H20N4O3. The Morgan fingerprint density at radius 3 is 2.59 bits per heavy atom. The molecule has 146 valence electrons. The Bertz CT molecular complexity index is 1390. The van der Waals surface area contributed by atoms with Gasteiger partial charge in [-0.1, -0.05) is 24.3 Å². The highest BCUT2D eigenvalue weighted by Gasteiger charge is 2.30. The van der Waals surface area contributed by atoms with E-state index in [0.717, 1.165) is 32.9 Å². The first-order chi connectivity index (χ1) is 14.0. The summed E-state index contributed by atoms with van der Waals surface area (Å²) in [5, 5.41) is 4.09. The van der Waals surface area contributed by atoms with E-state index >= 15 is 0 Å². The van der Waals surface area contributed by atoms with Gasteiger partial charge in [0.1, 0.15) is 5.75 Å². The quantitative estimate of drug-likeness (QED) is 0.573. The molecule has 1 aliphatic heterocycles. The SMILES string of the molecule is COc1cccc([C@H]2Nc3ccccc3-n3cc4c(=O)n(C)c(=O)n(C)c4c32)c1. The molecule has 3 heterocycles. The molecule has 2 aromatic heterocycles. The second kappa shape index (κ2) is 6.13. The Morgan fingerprint density at radius 2 is 1.79 bits per heavy atom. The summed E-state index contributed by atoms with van der Waals surface area (Å²) in [6.45, 7) is 0. The summed E-state index contributed by atoms with van der Waals surface area (Å²) in [4.78, 5) is 25.5. The van der Waals surface area contributed by atoms with Crippen LogP contribution in [-0.4, -0.2) is 20.8 Å². The number of aromatic nitrogens is 3. The lowest BCUT2D eigenvalue weighted by Crippen LogP contribution is -2.37. The summed E-state index contributed by atoms with van der Waals surface area (Å²) in [7, 11) is 4.84. The fraction of sp³-hybridized carbons (Fsp3) is 0.182. The van der Waals surface area contributed by atoms with Gasteiger partial charge in [-0.15, -0.1) is 0 Å². The minimum atomic E-state index is -0.347. The first-order valence-corrected chi connectivity index (χ1v) is 9.32. The van der Waals surface area contributed by atoms with Gasteiger partial charge < -0.3 is 14.6 Å². The normalized spacial score (nSPS) is 14.9. The number of nitrogens with one attached hydrogen (secondary N) is 1. The van der Waals surface area contributed by atoms with Gasteiger partial charge in [-0.2, -0.15) is 0 Å². The number of ether oxygens (including phenoxy) is 1. The van der Waals surface area contributed by atoms with Crippen LogP contribution in [-0.2, 0) is 14.1 Å². The summed E-state index contributed by atoms with van der Waals surface area (Å²) in [6, 6.07) is 15.5. The first-order valence-electron chi connectivity index (χ1n) is 9.32. The lowest BCUT2D eigenvalue weighted by atomic mass is 9.99. The lowest BCUT2D eigenvalue weighted by Gasteiger charge is -2.30. The van der Waals surface area contributed by atoms with Gasteiger partial charge in [0.25, 0.3) is 5.56 Å². The summed E-state index contributed by atoms with van der Waals surface area (Å²) in [5.74, 6) is 0.746. The monoisotopic (exact) mass is 388 g/mol. The number of aryl methyl sites for hydroxylation is 1. The maximum atomic E-state index is 12.9. The van der Waals surface area contributed by atoms with Crippen LogP contribution in [0.5, 0.6) is 5.75 Å². The third-order valence-corrected chi connectivity index (χ3v) is 5.62. The fourth-order valence-electron chi connectivity index (χ4n) is 4.18. The second-order valence-electron chi connectivity index (χ2n) is 7.22. The highest BCUT2D eigenvalue weighted by Crippen LogP contribution is 2.40. The number of fused-ring (bicyclic) bond motifs is 5. The molecule has 7 nitrogen and oxygen atoms in total. The molecule has 0 bridgehead atoms. The number of para-hydroxylation sites is 2. The molecule has 1 aliphatic rings. The zero-order valence-electron chi connectivity index (χ0n) is 16.3. The van der Waals surface area contributed by atoms with E-state index in [1.807, 2.05) is 59.3 Å². The molecular weight excluding hydrogens is 368 g/mol. The van der Waals surface area contributed by atoms with Gasteiger partial charge in [0.2, 0.25) is 0 Å². The van der Waals surface area contributed by atoms with Crippen molar-refractivity contribution in [3.8, 4) is 11.4 Å². The first kappa shape index (κ1) is 17.4. The van der Waals surface area contributed by atoms with E-state index in [9.17, 15) is 9.59 Å². The third kappa shape index (κ3) is 2.37. The molecule has 0 fully saturated rings. The van der Waals surface area contributed by atoms with E-state index in [-0.39, 0.29) is 17.3 Å². The number of rotatable bonds is 2. The van der Waals surface area contributed by atoms with E-state index in [0.29, 0.717) is 10.9 Å². The van der Waals surface area contributed by atoms with Gasteiger partial charge in [-0.05, 0) is 29.8 Å². The molecule has 0 radical (unpaired) electrons. The van der Waals surface area contributed by atoms with Crippen molar-refractivity contribution < 1.29 is 4.74 Å². The van der Waals surface area contributed by atoms with Gasteiger partial charge in [0.15, 0.2) is 0 Å². The van der Waals surface area contributed by atoms with Crippen molar-refractivity contribution in [3.05, 3.63) is 86.8 Å². The van der Waals surface area contributed by atoms with Gasteiger partial charge >= 0.3 is 5.69 Å². The highest BCUT2D eigenvalue weighted by atomic mass is 16.5. The number of benzene rings is 2. The number of hydrogen-bond acceptors (Lipinski definition) is 4. The van der Waals surface area contributed by atoms with Crippen molar-refractivity contribution in [1.29, 1.82) is 0 Å². The molecule has 0 saturated carbocycles. The van der Waals surface area contributed by atoms with Crippen LogP contribution < -0.4 is 21.3 Å². The maximum absolute atomic E-state index is 12.9. The summed E-state index contributed by atoms with van der Waals surface area (Å²) in [5.41, 5.74) is 3.71. The number of anilines is 1. The summed E-state index contributed by atoms with van der Waals surface area (Å²) in [6.07, 6.45) is 1.83. The predicted octanol–water partition coefficient (Wildman–Crippen LogP) is 2.55. The van der Waals surface area contributed by atoms with Crippen molar-refractivity contribution in [1.82, 2.24) is 13.7 Å². The van der Waals surface area contributed by atoms with Crippen molar-refractivity contribution in [3.63, 3.8) is 0 Å². The van der Waals surface area contributed by atoms with Gasteiger partial charge in [0.05, 0.1) is 41.1 Å². The van der Waals surface area contributed by atoms with Crippen LogP contribution in [0.1, 0.15) is 17.3 Å². The minimum absolute atomic E-state index is 0.254. The Balaban J connectivity index is 1.91. The highest BCUT2D eigenvalue weighted by molar-refractivity contribution is 5.86. The van der Waals surface area contributed by atoms with E-state index in [2.05, 4.69) is 5.32 Å². The molecule has 1 N–H and O–H groups in total. The molecule has 2 aromatic carbocycles. The average molecular weight is 388 g/mol. The van der Waals surface area contributed by atoms with E-state index in [1.165, 1.54) is 7.05 Å². The summed E-state index contributed by atoms with van der Waals surface area (Å²) >= 11 is 0. The Morgan fingerprint density at radius 1 is 1.00 bits per heavy atom. The fourth-order valence-corrected chi connectivity index (χ4v) is 4.18. The molecule has 0 saturated heterocycles. The average Bonchev–Trinajstić information content (AvgIpc) is 3.17. The van der Waals surface area contributed by atoms with Crippen molar-refractivity contribution in [2.45, 2.75) is 6.04 Å². The van der Waals surface area contributed by atoms with Crippen LogP contribution in [0.2, 0.25) is 0 Å². The zero-order valence-corrected chi connectivity index (χ0v) is 16.3. The molecule has 7 heteroatoms. The van der Waals surface area contributed by atoms with E-state index < -0.39 is 0 Å². The summed E-state index contributed by atoms with van der Waals surface area (Å²) < 4.78 is 10.1. The Labute approximate surface area is 166 Å². The Kier molecular flexibility index (Phi) is 3.67. The van der Waals surface area contributed by atoms with Crippen molar-refractivity contribution in [2.24, 2.45) is 14.1 Å².